The molecule has 0 saturated carbocycles. The lowest BCUT2D eigenvalue weighted by Crippen LogP contribution is -2.35. The molecule has 1 aliphatic heterocycles. The third-order valence-electron chi connectivity index (χ3n) is 3.93. The smallest absolute Gasteiger partial charge is 0.0642 e. The molecule has 0 amide bonds. The number of halogens is 1. The van der Waals surface area contributed by atoms with Gasteiger partial charge in [0.25, 0.3) is 0 Å². The zero-order valence-electron chi connectivity index (χ0n) is 11.3. The number of hydrogen-bond donors (Lipinski definition) is 1. The van der Waals surface area contributed by atoms with Crippen LogP contribution in [0.5, 0.6) is 0 Å². The minimum absolute atomic E-state index is 0.0429. The fourth-order valence-corrected chi connectivity index (χ4v) is 2.99. The van der Waals surface area contributed by atoms with Crippen LogP contribution in [-0.4, -0.2) is 13.1 Å². The maximum Gasteiger partial charge on any atom is 0.0642 e. The van der Waals surface area contributed by atoms with Crippen LogP contribution >= 0.6 is 11.6 Å². The van der Waals surface area contributed by atoms with Crippen LogP contribution in [0.2, 0.25) is 5.02 Å². The van der Waals surface area contributed by atoms with Crippen LogP contribution in [0.1, 0.15) is 44.7 Å². The van der Waals surface area contributed by atoms with Gasteiger partial charge in [0.1, 0.15) is 0 Å². The summed E-state index contributed by atoms with van der Waals surface area (Å²) < 4.78 is 0. The average molecular weight is 267 g/mol. The minimum atomic E-state index is 0.0429. The molecule has 100 valence electrons. The summed E-state index contributed by atoms with van der Waals surface area (Å²) in [6.07, 6.45) is 3.87. The van der Waals surface area contributed by atoms with Gasteiger partial charge in [-0.15, -0.1) is 0 Å². The van der Waals surface area contributed by atoms with Crippen LogP contribution in [0.25, 0.3) is 0 Å². The first kappa shape index (κ1) is 13.7. The highest BCUT2D eigenvalue weighted by molar-refractivity contribution is 6.33. The Morgan fingerprint density at radius 3 is 2.89 bits per heavy atom. The molecular weight excluding hydrogens is 244 g/mol. The molecule has 0 aromatic heterocycles. The van der Waals surface area contributed by atoms with E-state index < -0.39 is 0 Å². The van der Waals surface area contributed by atoms with Crippen LogP contribution in [0.4, 0.5) is 5.69 Å². The molecule has 2 rings (SSSR count). The lowest BCUT2D eigenvalue weighted by Gasteiger charge is -2.34. The molecule has 3 heteroatoms. The highest BCUT2D eigenvalue weighted by atomic mass is 35.5. The third kappa shape index (κ3) is 2.99. The van der Waals surface area contributed by atoms with Crippen LogP contribution in [-0.2, 0) is 0 Å². The van der Waals surface area contributed by atoms with Gasteiger partial charge in [-0.1, -0.05) is 31.0 Å². The fraction of sp³-hybridized carbons (Fsp3) is 0.600. The maximum atomic E-state index is 6.40. The van der Waals surface area contributed by atoms with Crippen LogP contribution < -0.4 is 10.6 Å². The molecule has 1 heterocycles. The van der Waals surface area contributed by atoms with Gasteiger partial charge >= 0.3 is 0 Å². The predicted molar refractivity (Wildman–Crippen MR) is 79.3 cm³/mol. The van der Waals surface area contributed by atoms with Crippen molar-refractivity contribution in [3.8, 4) is 0 Å². The molecule has 0 aliphatic carbocycles. The molecule has 2 atom stereocenters. The van der Waals surface area contributed by atoms with Gasteiger partial charge in [0, 0.05) is 19.1 Å². The van der Waals surface area contributed by atoms with Crippen molar-refractivity contribution in [3.63, 3.8) is 0 Å². The first-order chi connectivity index (χ1) is 8.61. The standard InChI is InChI=1S/C15H23ClN2/c1-3-12-5-4-8-18(10-12)15-7-6-13(11(2)17)9-14(15)16/h6-7,9,11-12H,3-5,8,10,17H2,1-2H3/t11-,12?/m0/s1. The Morgan fingerprint density at radius 1 is 1.50 bits per heavy atom. The molecule has 0 bridgehead atoms. The van der Waals surface area contributed by atoms with E-state index in [4.69, 9.17) is 17.3 Å². The summed E-state index contributed by atoms with van der Waals surface area (Å²) in [5.74, 6) is 0.808. The van der Waals surface area contributed by atoms with E-state index in [9.17, 15) is 0 Å². The van der Waals surface area contributed by atoms with Crippen molar-refractivity contribution in [1.82, 2.24) is 0 Å². The van der Waals surface area contributed by atoms with Crippen LogP contribution in [0, 0.1) is 5.92 Å². The molecule has 1 aliphatic rings. The van der Waals surface area contributed by atoms with E-state index in [1.54, 1.807) is 0 Å². The zero-order valence-corrected chi connectivity index (χ0v) is 12.1. The Balaban J connectivity index is 2.17. The van der Waals surface area contributed by atoms with Crippen molar-refractivity contribution in [1.29, 1.82) is 0 Å². The molecule has 2 N–H and O–H groups in total. The van der Waals surface area contributed by atoms with Crippen molar-refractivity contribution in [2.45, 2.75) is 39.2 Å². The van der Waals surface area contributed by atoms with Gasteiger partial charge in [0.2, 0.25) is 0 Å². The fourth-order valence-electron chi connectivity index (χ4n) is 2.68. The van der Waals surface area contributed by atoms with E-state index in [2.05, 4.69) is 24.0 Å². The van der Waals surface area contributed by atoms with E-state index >= 15 is 0 Å². The summed E-state index contributed by atoms with van der Waals surface area (Å²) in [4.78, 5) is 2.42. The van der Waals surface area contributed by atoms with E-state index in [-0.39, 0.29) is 6.04 Å². The normalized spacial score (nSPS) is 22.0. The number of rotatable bonds is 3. The lowest BCUT2D eigenvalue weighted by atomic mass is 9.95. The van der Waals surface area contributed by atoms with E-state index in [1.807, 2.05) is 13.0 Å². The average Bonchev–Trinajstić information content (AvgIpc) is 2.38. The number of nitrogens with two attached hydrogens (primary N) is 1. The summed E-state index contributed by atoms with van der Waals surface area (Å²) in [5, 5.41) is 0.835. The van der Waals surface area contributed by atoms with Gasteiger partial charge in [-0.3, -0.25) is 0 Å². The first-order valence-corrected chi connectivity index (χ1v) is 7.29. The number of hydrogen-bond acceptors (Lipinski definition) is 2. The number of piperidine rings is 1. The second-order valence-electron chi connectivity index (χ2n) is 5.36. The zero-order chi connectivity index (χ0) is 13.1. The quantitative estimate of drug-likeness (QED) is 0.896. The lowest BCUT2D eigenvalue weighted by molar-refractivity contribution is 0.405. The van der Waals surface area contributed by atoms with Crippen LogP contribution in [0.3, 0.4) is 0 Å². The Labute approximate surface area is 115 Å². The van der Waals surface area contributed by atoms with Crippen LogP contribution in [0.15, 0.2) is 18.2 Å². The first-order valence-electron chi connectivity index (χ1n) is 6.91. The maximum absolute atomic E-state index is 6.40. The number of anilines is 1. The molecule has 0 radical (unpaired) electrons. The molecular formula is C15H23ClN2. The van der Waals surface area contributed by atoms with Crippen molar-refractivity contribution < 1.29 is 0 Å². The van der Waals surface area contributed by atoms with Crippen molar-refractivity contribution in [2.75, 3.05) is 18.0 Å². The monoisotopic (exact) mass is 266 g/mol. The second-order valence-corrected chi connectivity index (χ2v) is 5.77. The molecule has 2 nitrogen and oxygen atoms in total. The predicted octanol–water partition coefficient (Wildman–Crippen LogP) is 3.99. The third-order valence-corrected chi connectivity index (χ3v) is 4.24. The summed E-state index contributed by atoms with van der Waals surface area (Å²) in [6, 6.07) is 6.28. The van der Waals surface area contributed by atoms with Crippen molar-refractivity contribution in [2.24, 2.45) is 11.7 Å². The van der Waals surface area contributed by atoms with Gasteiger partial charge in [-0.25, -0.2) is 0 Å². The topological polar surface area (TPSA) is 29.3 Å². The summed E-state index contributed by atoms with van der Waals surface area (Å²) in [7, 11) is 0. The van der Waals surface area contributed by atoms with Gasteiger partial charge in [-0.2, -0.15) is 0 Å². The molecule has 1 aromatic rings. The number of benzene rings is 1. The largest absolute Gasteiger partial charge is 0.370 e. The minimum Gasteiger partial charge on any atom is -0.370 e. The Bertz CT molecular complexity index is 403. The Hall–Kier alpha value is -0.730. The van der Waals surface area contributed by atoms with E-state index in [0.29, 0.717) is 0 Å². The number of nitrogens with zero attached hydrogens (tertiary/aromatic N) is 1. The molecule has 1 unspecified atom stereocenters. The summed E-state index contributed by atoms with van der Waals surface area (Å²) in [6.45, 7) is 6.51. The Morgan fingerprint density at radius 2 is 2.28 bits per heavy atom. The van der Waals surface area contributed by atoms with Gasteiger partial charge in [0.15, 0.2) is 0 Å². The van der Waals surface area contributed by atoms with Gasteiger partial charge in [-0.05, 0) is 43.4 Å². The van der Waals surface area contributed by atoms with E-state index in [1.165, 1.54) is 24.9 Å². The molecule has 1 fully saturated rings. The molecule has 1 aromatic carbocycles. The molecule has 18 heavy (non-hydrogen) atoms. The van der Waals surface area contributed by atoms with Crippen molar-refractivity contribution >= 4 is 17.3 Å². The summed E-state index contributed by atoms with van der Waals surface area (Å²) >= 11 is 6.40. The van der Waals surface area contributed by atoms with Gasteiger partial charge in [0.05, 0.1) is 10.7 Å². The second kappa shape index (κ2) is 5.94. The molecule has 1 saturated heterocycles. The highest BCUT2D eigenvalue weighted by Crippen LogP contribution is 2.32. The highest BCUT2D eigenvalue weighted by Gasteiger charge is 2.20. The van der Waals surface area contributed by atoms with Crippen molar-refractivity contribution in [3.05, 3.63) is 28.8 Å². The molecule has 0 spiro atoms. The SMILES string of the molecule is CCC1CCCN(c2ccc([C@H](C)N)cc2Cl)C1. The van der Waals surface area contributed by atoms with E-state index in [0.717, 1.165) is 29.6 Å². The summed E-state index contributed by atoms with van der Waals surface area (Å²) in [5.41, 5.74) is 8.15. The van der Waals surface area contributed by atoms with Gasteiger partial charge < -0.3 is 10.6 Å². The Kier molecular flexibility index (Phi) is 4.52.